The van der Waals surface area contributed by atoms with Crippen LogP contribution < -0.4 is 14.8 Å². The number of hydrogen-bond acceptors (Lipinski definition) is 9. The van der Waals surface area contributed by atoms with Gasteiger partial charge in [-0.05, 0) is 30.3 Å². The molecule has 1 aliphatic rings. The van der Waals surface area contributed by atoms with Gasteiger partial charge in [-0.15, -0.1) is 0 Å². The topological polar surface area (TPSA) is 115 Å². The zero-order valence-corrected chi connectivity index (χ0v) is 19.9. The summed E-state index contributed by atoms with van der Waals surface area (Å²) in [6, 6.07) is 8.92. The summed E-state index contributed by atoms with van der Waals surface area (Å²) in [6.45, 7) is 4.91. The highest BCUT2D eigenvalue weighted by Gasteiger charge is 2.26. The average Bonchev–Trinajstić information content (AvgIpc) is 3.37. The van der Waals surface area contributed by atoms with Crippen LogP contribution in [0.3, 0.4) is 0 Å². The van der Waals surface area contributed by atoms with Crippen molar-refractivity contribution in [2.45, 2.75) is 19.1 Å². The molecule has 4 aromatic rings. The summed E-state index contributed by atoms with van der Waals surface area (Å²) in [5.41, 5.74) is 2.61. The van der Waals surface area contributed by atoms with Crippen LogP contribution in [-0.2, 0) is 11.4 Å². The van der Waals surface area contributed by atoms with Crippen LogP contribution >= 0.6 is 11.6 Å². The standard InChI is InChI=1S/C25H22ClN7O3/c1-2-23(34)33-10-7-18(13-33)36-22-6-4-20-24(32-22)25(30-15-29-20)31-16-3-5-21(19(26)11-16)35-14-17-12-27-8-9-28-17/h2-6,8-9,11-12,15,18H,1,7,10,13-14H2,(H,29,30,31). The summed E-state index contributed by atoms with van der Waals surface area (Å²) in [6.07, 6.45) is 8.20. The van der Waals surface area contributed by atoms with E-state index >= 15 is 0 Å². The third-order valence-corrected chi connectivity index (χ3v) is 5.86. The second-order valence-electron chi connectivity index (χ2n) is 8.01. The Morgan fingerprint density at radius 1 is 1.22 bits per heavy atom. The molecule has 1 aromatic carbocycles. The lowest BCUT2D eigenvalue weighted by Gasteiger charge is -2.15. The van der Waals surface area contributed by atoms with Crippen molar-refractivity contribution in [1.29, 1.82) is 0 Å². The quantitative estimate of drug-likeness (QED) is 0.357. The first-order valence-electron chi connectivity index (χ1n) is 11.2. The summed E-state index contributed by atoms with van der Waals surface area (Å²) in [5, 5.41) is 3.67. The molecule has 10 nitrogen and oxygen atoms in total. The Morgan fingerprint density at radius 2 is 2.14 bits per heavy atom. The van der Waals surface area contributed by atoms with Gasteiger partial charge in [0.2, 0.25) is 11.8 Å². The number of likely N-dealkylation sites (tertiary alicyclic amines) is 1. The molecule has 0 bridgehead atoms. The first-order chi connectivity index (χ1) is 17.6. The number of carbonyl (C=O) groups is 1. The Labute approximate surface area is 212 Å². The van der Waals surface area contributed by atoms with E-state index in [0.717, 1.165) is 6.42 Å². The summed E-state index contributed by atoms with van der Waals surface area (Å²) < 4.78 is 11.8. The first-order valence-corrected chi connectivity index (χ1v) is 11.6. The highest BCUT2D eigenvalue weighted by atomic mass is 35.5. The molecule has 3 aromatic heterocycles. The predicted molar refractivity (Wildman–Crippen MR) is 134 cm³/mol. The van der Waals surface area contributed by atoms with E-state index in [0.29, 0.717) is 58.0 Å². The van der Waals surface area contributed by atoms with Gasteiger partial charge in [-0.25, -0.2) is 15.0 Å². The fourth-order valence-corrected chi connectivity index (χ4v) is 4.03. The summed E-state index contributed by atoms with van der Waals surface area (Å²) >= 11 is 6.44. The van der Waals surface area contributed by atoms with Gasteiger partial charge in [0, 0.05) is 37.1 Å². The van der Waals surface area contributed by atoms with Gasteiger partial charge in [0.15, 0.2) is 5.82 Å². The Balaban J connectivity index is 1.30. The Morgan fingerprint density at radius 3 is 2.94 bits per heavy atom. The number of nitrogens with zero attached hydrogens (tertiary/aromatic N) is 6. The molecular formula is C25H22ClN7O3. The number of anilines is 2. The van der Waals surface area contributed by atoms with Crippen molar-refractivity contribution in [3.63, 3.8) is 0 Å². The van der Waals surface area contributed by atoms with Gasteiger partial charge in [-0.1, -0.05) is 18.2 Å². The van der Waals surface area contributed by atoms with E-state index in [2.05, 4.69) is 36.8 Å². The lowest BCUT2D eigenvalue weighted by molar-refractivity contribution is -0.125. The van der Waals surface area contributed by atoms with E-state index in [1.165, 1.54) is 12.4 Å². The van der Waals surface area contributed by atoms with Crippen molar-refractivity contribution in [3.05, 3.63) is 78.6 Å². The molecule has 5 rings (SSSR count). The number of aromatic nitrogens is 5. The summed E-state index contributed by atoms with van der Waals surface area (Å²) in [7, 11) is 0. The molecule has 1 N–H and O–H groups in total. The molecule has 0 spiro atoms. The van der Waals surface area contributed by atoms with Crippen LogP contribution in [0.15, 0.2) is 67.9 Å². The number of benzene rings is 1. The molecule has 4 heterocycles. The van der Waals surface area contributed by atoms with E-state index in [1.54, 1.807) is 41.7 Å². The van der Waals surface area contributed by atoms with E-state index in [4.69, 9.17) is 21.1 Å². The van der Waals surface area contributed by atoms with Crippen LogP contribution in [0.2, 0.25) is 5.02 Å². The van der Waals surface area contributed by atoms with Gasteiger partial charge in [-0.3, -0.25) is 14.8 Å². The number of ether oxygens (including phenoxy) is 2. The predicted octanol–water partition coefficient (Wildman–Crippen LogP) is 3.96. The van der Waals surface area contributed by atoms with E-state index < -0.39 is 0 Å². The molecule has 182 valence electrons. The fraction of sp³-hybridized carbons (Fsp3) is 0.200. The number of halogens is 1. The lowest BCUT2D eigenvalue weighted by atomic mass is 10.3. The van der Waals surface area contributed by atoms with Crippen LogP contribution in [0, 0.1) is 0 Å². The van der Waals surface area contributed by atoms with Crippen LogP contribution in [-0.4, -0.2) is 54.9 Å². The smallest absolute Gasteiger partial charge is 0.246 e. The van der Waals surface area contributed by atoms with Crippen LogP contribution in [0.25, 0.3) is 11.0 Å². The number of hydrogen-bond donors (Lipinski definition) is 1. The van der Waals surface area contributed by atoms with Gasteiger partial charge >= 0.3 is 0 Å². The summed E-state index contributed by atoms with van der Waals surface area (Å²) in [5.74, 6) is 1.36. The number of carbonyl (C=O) groups excluding carboxylic acids is 1. The SMILES string of the molecule is C=CC(=O)N1CCC(Oc2ccc3ncnc(Nc4ccc(OCc5cnccn5)c(Cl)c4)c3n2)C1. The van der Waals surface area contributed by atoms with Gasteiger partial charge in [0.05, 0.1) is 29.0 Å². The average molecular weight is 504 g/mol. The van der Waals surface area contributed by atoms with E-state index in [9.17, 15) is 4.79 Å². The van der Waals surface area contributed by atoms with Gasteiger partial charge < -0.3 is 19.7 Å². The Kier molecular flexibility index (Phi) is 6.85. The molecule has 1 unspecified atom stereocenters. The van der Waals surface area contributed by atoms with Crippen molar-refractivity contribution >= 4 is 40.0 Å². The normalized spacial score (nSPS) is 15.0. The van der Waals surface area contributed by atoms with Crippen molar-refractivity contribution in [2.24, 2.45) is 0 Å². The molecule has 0 saturated carbocycles. The van der Waals surface area contributed by atoms with Crippen LogP contribution in [0.5, 0.6) is 11.6 Å². The minimum absolute atomic E-state index is 0.101. The maximum Gasteiger partial charge on any atom is 0.246 e. The number of pyridine rings is 1. The maximum absolute atomic E-state index is 11.8. The highest BCUT2D eigenvalue weighted by Crippen LogP contribution is 2.31. The number of rotatable bonds is 8. The lowest BCUT2D eigenvalue weighted by Crippen LogP contribution is -2.29. The van der Waals surface area contributed by atoms with Crippen molar-refractivity contribution in [2.75, 3.05) is 18.4 Å². The molecule has 11 heteroatoms. The van der Waals surface area contributed by atoms with Gasteiger partial charge in [0.1, 0.15) is 30.3 Å². The van der Waals surface area contributed by atoms with Crippen molar-refractivity contribution in [1.82, 2.24) is 29.8 Å². The van der Waals surface area contributed by atoms with Crippen molar-refractivity contribution < 1.29 is 14.3 Å². The molecule has 1 saturated heterocycles. The monoisotopic (exact) mass is 503 g/mol. The minimum Gasteiger partial charge on any atom is -0.486 e. The zero-order chi connectivity index (χ0) is 24.9. The summed E-state index contributed by atoms with van der Waals surface area (Å²) in [4.78, 5) is 35.0. The largest absolute Gasteiger partial charge is 0.486 e. The third kappa shape index (κ3) is 5.33. The second-order valence-corrected chi connectivity index (χ2v) is 8.42. The Hall–Kier alpha value is -4.31. The number of fused-ring (bicyclic) bond motifs is 1. The van der Waals surface area contributed by atoms with Gasteiger partial charge in [0.25, 0.3) is 0 Å². The third-order valence-electron chi connectivity index (χ3n) is 5.56. The molecule has 1 amide bonds. The number of amides is 1. The van der Waals surface area contributed by atoms with E-state index in [1.807, 2.05) is 12.1 Å². The zero-order valence-electron chi connectivity index (χ0n) is 19.2. The first kappa shape index (κ1) is 23.4. The van der Waals surface area contributed by atoms with Gasteiger partial charge in [-0.2, -0.15) is 0 Å². The highest BCUT2D eigenvalue weighted by molar-refractivity contribution is 6.32. The Bertz CT molecular complexity index is 1400. The molecule has 0 aliphatic carbocycles. The van der Waals surface area contributed by atoms with Crippen LogP contribution in [0.1, 0.15) is 12.1 Å². The minimum atomic E-state index is -0.145. The van der Waals surface area contributed by atoms with Crippen molar-refractivity contribution in [3.8, 4) is 11.6 Å². The molecule has 1 fully saturated rings. The number of nitrogens with one attached hydrogen (secondary N) is 1. The van der Waals surface area contributed by atoms with E-state index in [-0.39, 0.29) is 18.6 Å². The second kappa shape index (κ2) is 10.5. The fourth-order valence-electron chi connectivity index (χ4n) is 3.79. The molecule has 0 radical (unpaired) electrons. The molecule has 1 aliphatic heterocycles. The molecule has 1 atom stereocenters. The molecular weight excluding hydrogens is 482 g/mol. The maximum atomic E-state index is 11.8. The molecule has 36 heavy (non-hydrogen) atoms. The van der Waals surface area contributed by atoms with Crippen LogP contribution in [0.4, 0.5) is 11.5 Å².